The predicted octanol–water partition coefficient (Wildman–Crippen LogP) is 3.71. The first-order valence-corrected chi connectivity index (χ1v) is 7.37. The van der Waals surface area contributed by atoms with Gasteiger partial charge in [-0.1, -0.05) is 19.1 Å². The molecular formula is C16H18O3S. The Balaban J connectivity index is 2.56. The zero-order chi connectivity index (χ0) is 14.9. The van der Waals surface area contributed by atoms with Crippen molar-refractivity contribution in [3.63, 3.8) is 0 Å². The summed E-state index contributed by atoms with van der Waals surface area (Å²) in [5.41, 5.74) is 2.18. The van der Waals surface area contributed by atoms with E-state index in [9.17, 15) is 15.0 Å². The van der Waals surface area contributed by atoms with Crippen LogP contribution in [-0.4, -0.2) is 16.2 Å². The van der Waals surface area contributed by atoms with E-state index < -0.39 is 12.1 Å². The van der Waals surface area contributed by atoms with Gasteiger partial charge in [-0.15, -0.1) is 11.3 Å². The van der Waals surface area contributed by atoms with Gasteiger partial charge < -0.3 is 10.2 Å². The summed E-state index contributed by atoms with van der Waals surface area (Å²) in [5.74, 6) is -0.993. The van der Waals surface area contributed by atoms with E-state index in [1.165, 1.54) is 16.2 Å². The summed E-state index contributed by atoms with van der Waals surface area (Å²) in [5, 5.41) is 20.0. The number of aliphatic hydroxyl groups excluding tert-OH is 1. The molecule has 0 aliphatic rings. The van der Waals surface area contributed by atoms with Crippen LogP contribution in [0.5, 0.6) is 0 Å². The number of benzene rings is 1. The van der Waals surface area contributed by atoms with Gasteiger partial charge in [-0.3, -0.25) is 0 Å². The molecule has 0 bridgehead atoms. The van der Waals surface area contributed by atoms with Gasteiger partial charge in [-0.05, 0) is 43.5 Å². The second kappa shape index (κ2) is 5.77. The molecule has 20 heavy (non-hydrogen) atoms. The average molecular weight is 290 g/mol. The molecule has 4 heteroatoms. The molecule has 0 radical (unpaired) electrons. The summed E-state index contributed by atoms with van der Waals surface area (Å²) >= 11 is 1.53. The number of carbonyl (C=O) groups is 1. The van der Waals surface area contributed by atoms with Crippen LogP contribution in [0.15, 0.2) is 24.3 Å². The fourth-order valence-corrected chi connectivity index (χ4v) is 3.29. The second-order valence-electron chi connectivity index (χ2n) is 4.85. The molecule has 0 saturated heterocycles. The number of aryl methyl sites for hydroxylation is 3. The van der Waals surface area contributed by atoms with Crippen LogP contribution >= 0.6 is 11.3 Å². The molecule has 1 atom stereocenters. The highest BCUT2D eigenvalue weighted by Gasteiger charge is 2.23. The lowest BCUT2D eigenvalue weighted by Crippen LogP contribution is -2.11. The molecule has 1 aromatic heterocycles. The molecule has 0 spiro atoms. The molecular weight excluding hydrogens is 272 g/mol. The number of carboxylic acids is 1. The first-order valence-electron chi connectivity index (χ1n) is 6.55. The number of thiophene rings is 1. The van der Waals surface area contributed by atoms with E-state index in [-0.39, 0.29) is 5.56 Å². The molecule has 0 aliphatic carbocycles. The Morgan fingerprint density at radius 1 is 1.20 bits per heavy atom. The third-order valence-corrected chi connectivity index (χ3v) is 4.74. The van der Waals surface area contributed by atoms with Crippen molar-refractivity contribution in [2.45, 2.75) is 33.3 Å². The van der Waals surface area contributed by atoms with E-state index in [4.69, 9.17) is 0 Å². The standard InChI is InChI=1S/C16H18O3S/c1-4-11-7-8-12(20-11)15(17)13-9(2)5-6-10(3)14(13)16(18)19/h5-8,15,17H,4H2,1-3H3,(H,18,19). The molecule has 0 fully saturated rings. The Kier molecular flexibility index (Phi) is 4.26. The smallest absolute Gasteiger partial charge is 0.336 e. The Labute approximate surface area is 122 Å². The number of carboxylic acid groups (broad SMARTS) is 1. The maximum Gasteiger partial charge on any atom is 0.336 e. The van der Waals surface area contributed by atoms with Crippen LogP contribution in [0.2, 0.25) is 0 Å². The molecule has 2 aromatic rings. The summed E-state index contributed by atoms with van der Waals surface area (Å²) in [6, 6.07) is 7.49. The van der Waals surface area contributed by atoms with Crippen molar-refractivity contribution in [1.29, 1.82) is 0 Å². The normalized spacial score (nSPS) is 12.4. The summed E-state index contributed by atoms with van der Waals surface area (Å²) in [6.07, 6.45) is 0.0296. The van der Waals surface area contributed by atoms with Crippen LogP contribution in [0.3, 0.4) is 0 Å². The Morgan fingerprint density at radius 2 is 1.85 bits per heavy atom. The molecule has 0 aliphatic heterocycles. The number of rotatable bonds is 4. The van der Waals surface area contributed by atoms with Gasteiger partial charge in [0, 0.05) is 15.3 Å². The van der Waals surface area contributed by atoms with Gasteiger partial charge in [0.05, 0.1) is 5.56 Å². The van der Waals surface area contributed by atoms with Crippen molar-refractivity contribution in [1.82, 2.24) is 0 Å². The van der Waals surface area contributed by atoms with Crippen molar-refractivity contribution < 1.29 is 15.0 Å². The summed E-state index contributed by atoms with van der Waals surface area (Å²) < 4.78 is 0. The topological polar surface area (TPSA) is 57.5 Å². The number of aliphatic hydroxyl groups is 1. The minimum atomic E-state index is -0.993. The average Bonchev–Trinajstić information content (AvgIpc) is 2.88. The zero-order valence-corrected chi connectivity index (χ0v) is 12.6. The number of aromatic carboxylic acids is 1. The third-order valence-electron chi connectivity index (χ3n) is 3.46. The molecule has 1 heterocycles. The fraction of sp³-hybridized carbons (Fsp3) is 0.312. The van der Waals surface area contributed by atoms with Gasteiger partial charge >= 0.3 is 5.97 Å². The minimum Gasteiger partial charge on any atom is -0.478 e. The molecule has 3 nitrogen and oxygen atoms in total. The molecule has 106 valence electrons. The van der Waals surface area contributed by atoms with Crippen LogP contribution in [0.4, 0.5) is 0 Å². The molecule has 0 amide bonds. The third kappa shape index (κ3) is 2.62. The van der Waals surface area contributed by atoms with Gasteiger partial charge in [0.15, 0.2) is 0 Å². The predicted molar refractivity (Wildman–Crippen MR) is 80.6 cm³/mol. The van der Waals surface area contributed by atoms with Crippen molar-refractivity contribution in [2.24, 2.45) is 0 Å². The van der Waals surface area contributed by atoms with Crippen LogP contribution < -0.4 is 0 Å². The highest BCUT2D eigenvalue weighted by Crippen LogP contribution is 2.33. The Hall–Kier alpha value is -1.65. The van der Waals surface area contributed by atoms with Gasteiger partial charge in [-0.25, -0.2) is 4.79 Å². The van der Waals surface area contributed by atoms with Crippen molar-refractivity contribution in [3.05, 3.63) is 56.3 Å². The molecule has 2 N–H and O–H groups in total. The minimum absolute atomic E-state index is 0.212. The first kappa shape index (κ1) is 14.8. The van der Waals surface area contributed by atoms with Crippen LogP contribution in [0, 0.1) is 13.8 Å². The Morgan fingerprint density at radius 3 is 2.40 bits per heavy atom. The molecule has 1 aromatic carbocycles. The number of hydrogen-bond acceptors (Lipinski definition) is 3. The highest BCUT2D eigenvalue weighted by atomic mass is 32.1. The van der Waals surface area contributed by atoms with E-state index in [1.54, 1.807) is 13.0 Å². The van der Waals surface area contributed by atoms with Crippen LogP contribution in [0.1, 0.15) is 49.8 Å². The van der Waals surface area contributed by atoms with E-state index in [0.29, 0.717) is 11.1 Å². The van der Waals surface area contributed by atoms with Crippen LogP contribution in [0.25, 0.3) is 0 Å². The summed E-state index contributed by atoms with van der Waals surface area (Å²) in [7, 11) is 0. The molecule has 2 rings (SSSR count). The Bertz CT molecular complexity index is 643. The summed E-state index contributed by atoms with van der Waals surface area (Å²) in [4.78, 5) is 13.5. The van der Waals surface area contributed by atoms with E-state index in [2.05, 4.69) is 6.92 Å². The van der Waals surface area contributed by atoms with E-state index in [1.807, 2.05) is 25.1 Å². The van der Waals surface area contributed by atoms with E-state index >= 15 is 0 Å². The van der Waals surface area contributed by atoms with Crippen molar-refractivity contribution in [2.75, 3.05) is 0 Å². The fourth-order valence-electron chi connectivity index (χ4n) is 2.34. The van der Waals surface area contributed by atoms with Gasteiger partial charge in [-0.2, -0.15) is 0 Å². The molecule has 1 unspecified atom stereocenters. The summed E-state index contributed by atoms with van der Waals surface area (Å²) in [6.45, 7) is 5.65. The maximum atomic E-state index is 11.5. The zero-order valence-electron chi connectivity index (χ0n) is 11.8. The van der Waals surface area contributed by atoms with Crippen molar-refractivity contribution >= 4 is 17.3 Å². The SMILES string of the molecule is CCc1ccc(C(O)c2c(C)ccc(C)c2C(=O)O)s1. The quantitative estimate of drug-likeness (QED) is 0.902. The van der Waals surface area contributed by atoms with Gasteiger partial charge in [0.1, 0.15) is 6.10 Å². The lowest BCUT2D eigenvalue weighted by Gasteiger charge is -2.17. The number of hydrogen-bond donors (Lipinski definition) is 2. The monoisotopic (exact) mass is 290 g/mol. The van der Waals surface area contributed by atoms with E-state index in [0.717, 1.165) is 16.9 Å². The van der Waals surface area contributed by atoms with Crippen molar-refractivity contribution in [3.8, 4) is 0 Å². The van der Waals surface area contributed by atoms with Gasteiger partial charge in [0.2, 0.25) is 0 Å². The van der Waals surface area contributed by atoms with Gasteiger partial charge in [0.25, 0.3) is 0 Å². The van der Waals surface area contributed by atoms with Crippen LogP contribution in [-0.2, 0) is 6.42 Å². The maximum absolute atomic E-state index is 11.5. The molecule has 0 saturated carbocycles. The lowest BCUT2D eigenvalue weighted by molar-refractivity contribution is 0.0690. The highest BCUT2D eigenvalue weighted by molar-refractivity contribution is 7.12. The lowest BCUT2D eigenvalue weighted by atomic mass is 9.92. The largest absolute Gasteiger partial charge is 0.478 e. The second-order valence-corrected chi connectivity index (χ2v) is 6.05. The first-order chi connectivity index (χ1) is 9.45.